The van der Waals surface area contributed by atoms with Gasteiger partial charge in [-0.05, 0) is 44.8 Å². The van der Waals surface area contributed by atoms with Crippen LogP contribution < -0.4 is 5.73 Å². The van der Waals surface area contributed by atoms with Gasteiger partial charge >= 0.3 is 0 Å². The van der Waals surface area contributed by atoms with Crippen LogP contribution in [0.1, 0.15) is 31.7 Å². The lowest BCUT2D eigenvalue weighted by atomic mass is 9.87. The third-order valence-corrected chi connectivity index (χ3v) is 3.87. The molecule has 1 aromatic rings. The van der Waals surface area contributed by atoms with Crippen LogP contribution in [0.2, 0.25) is 0 Å². The van der Waals surface area contributed by atoms with E-state index in [1.54, 1.807) is 0 Å². The van der Waals surface area contributed by atoms with Crippen LogP contribution in [0.15, 0.2) is 30.3 Å². The highest BCUT2D eigenvalue weighted by Gasteiger charge is 2.33. The highest BCUT2D eigenvalue weighted by molar-refractivity contribution is 5.14. The van der Waals surface area contributed by atoms with Crippen molar-refractivity contribution in [2.24, 2.45) is 5.73 Å². The van der Waals surface area contributed by atoms with Gasteiger partial charge < -0.3 is 10.5 Å². The standard InChI is InChI=1S/C16H26N2O/c1-2-19-16-11-15(12-16)18(10-6-9-17)13-14-7-4-3-5-8-14/h3-5,7-8,15-16H,2,6,9-13,17H2,1H3. The van der Waals surface area contributed by atoms with E-state index in [9.17, 15) is 0 Å². The van der Waals surface area contributed by atoms with Gasteiger partial charge in [-0.2, -0.15) is 0 Å². The van der Waals surface area contributed by atoms with Crippen LogP contribution in [0.25, 0.3) is 0 Å². The molecule has 0 radical (unpaired) electrons. The maximum Gasteiger partial charge on any atom is 0.0604 e. The van der Waals surface area contributed by atoms with Crippen LogP contribution in [0.5, 0.6) is 0 Å². The van der Waals surface area contributed by atoms with Crippen molar-refractivity contribution in [2.45, 2.75) is 44.9 Å². The van der Waals surface area contributed by atoms with E-state index in [1.807, 2.05) is 0 Å². The van der Waals surface area contributed by atoms with Crippen molar-refractivity contribution in [3.8, 4) is 0 Å². The largest absolute Gasteiger partial charge is 0.378 e. The molecule has 2 rings (SSSR count). The highest BCUT2D eigenvalue weighted by atomic mass is 16.5. The number of nitrogens with zero attached hydrogens (tertiary/aromatic N) is 1. The summed E-state index contributed by atoms with van der Waals surface area (Å²) in [6.07, 6.45) is 3.89. The van der Waals surface area contributed by atoms with Gasteiger partial charge in [0.1, 0.15) is 0 Å². The number of nitrogens with two attached hydrogens (primary N) is 1. The minimum absolute atomic E-state index is 0.478. The second kappa shape index (κ2) is 7.63. The second-order valence-electron chi connectivity index (χ2n) is 5.30. The summed E-state index contributed by atoms with van der Waals surface area (Å²) in [6.45, 7) is 5.80. The monoisotopic (exact) mass is 262 g/mol. The molecule has 0 atom stereocenters. The predicted molar refractivity (Wildman–Crippen MR) is 79.0 cm³/mol. The van der Waals surface area contributed by atoms with Gasteiger partial charge in [0, 0.05) is 19.2 Å². The molecule has 1 aromatic carbocycles. The van der Waals surface area contributed by atoms with Crippen molar-refractivity contribution >= 4 is 0 Å². The lowest BCUT2D eigenvalue weighted by Gasteiger charge is -2.42. The van der Waals surface area contributed by atoms with Gasteiger partial charge in [0.2, 0.25) is 0 Å². The number of rotatable bonds is 8. The van der Waals surface area contributed by atoms with E-state index in [-0.39, 0.29) is 0 Å². The quantitative estimate of drug-likeness (QED) is 0.782. The summed E-state index contributed by atoms with van der Waals surface area (Å²) >= 11 is 0. The molecule has 1 saturated carbocycles. The topological polar surface area (TPSA) is 38.5 Å². The Morgan fingerprint density at radius 3 is 2.63 bits per heavy atom. The van der Waals surface area contributed by atoms with Crippen molar-refractivity contribution < 1.29 is 4.74 Å². The molecule has 1 fully saturated rings. The summed E-state index contributed by atoms with van der Waals surface area (Å²) in [5.74, 6) is 0. The van der Waals surface area contributed by atoms with Crippen LogP contribution in [-0.2, 0) is 11.3 Å². The summed E-state index contributed by atoms with van der Waals surface area (Å²) in [5.41, 5.74) is 7.04. The van der Waals surface area contributed by atoms with Crippen LogP contribution in [0.3, 0.4) is 0 Å². The zero-order valence-electron chi connectivity index (χ0n) is 11.9. The molecule has 0 bridgehead atoms. The summed E-state index contributed by atoms with van der Waals surface area (Å²) in [5, 5.41) is 0. The van der Waals surface area contributed by atoms with Gasteiger partial charge in [0.15, 0.2) is 0 Å². The Labute approximate surface area is 116 Å². The van der Waals surface area contributed by atoms with Crippen molar-refractivity contribution in [3.63, 3.8) is 0 Å². The third-order valence-electron chi connectivity index (χ3n) is 3.87. The molecular weight excluding hydrogens is 236 g/mol. The van der Waals surface area contributed by atoms with E-state index >= 15 is 0 Å². The van der Waals surface area contributed by atoms with Crippen molar-refractivity contribution in [1.82, 2.24) is 4.90 Å². The number of ether oxygens (including phenoxy) is 1. The van der Waals surface area contributed by atoms with Crippen molar-refractivity contribution in [1.29, 1.82) is 0 Å². The lowest BCUT2D eigenvalue weighted by Crippen LogP contribution is -2.48. The number of hydrogen-bond acceptors (Lipinski definition) is 3. The molecule has 0 saturated heterocycles. The average Bonchev–Trinajstić information content (AvgIpc) is 2.40. The molecule has 1 aliphatic rings. The summed E-state index contributed by atoms with van der Waals surface area (Å²) in [6, 6.07) is 11.4. The normalized spacial score (nSPS) is 22.5. The summed E-state index contributed by atoms with van der Waals surface area (Å²) in [7, 11) is 0. The molecule has 3 nitrogen and oxygen atoms in total. The van der Waals surface area contributed by atoms with E-state index in [0.717, 1.165) is 32.7 Å². The predicted octanol–water partition coefficient (Wildman–Crippen LogP) is 2.40. The molecule has 0 heterocycles. The van der Waals surface area contributed by atoms with Gasteiger partial charge in [-0.3, -0.25) is 4.90 Å². The van der Waals surface area contributed by atoms with E-state index < -0.39 is 0 Å². The Hall–Kier alpha value is -0.900. The second-order valence-corrected chi connectivity index (χ2v) is 5.30. The molecule has 0 spiro atoms. The summed E-state index contributed by atoms with van der Waals surface area (Å²) < 4.78 is 5.66. The molecular formula is C16H26N2O. The maximum absolute atomic E-state index is 5.66. The average molecular weight is 262 g/mol. The van der Waals surface area contributed by atoms with E-state index in [0.29, 0.717) is 12.1 Å². The smallest absolute Gasteiger partial charge is 0.0604 e. The molecule has 106 valence electrons. The fraction of sp³-hybridized carbons (Fsp3) is 0.625. The molecule has 0 unspecified atom stereocenters. The van der Waals surface area contributed by atoms with E-state index in [1.165, 1.54) is 18.4 Å². The molecule has 0 amide bonds. The van der Waals surface area contributed by atoms with E-state index in [2.05, 4.69) is 42.2 Å². The first-order valence-electron chi connectivity index (χ1n) is 7.43. The number of benzene rings is 1. The first-order chi connectivity index (χ1) is 9.33. The van der Waals surface area contributed by atoms with Crippen LogP contribution in [0, 0.1) is 0 Å². The van der Waals surface area contributed by atoms with E-state index in [4.69, 9.17) is 10.5 Å². The lowest BCUT2D eigenvalue weighted by molar-refractivity contribution is -0.0487. The maximum atomic E-state index is 5.66. The Morgan fingerprint density at radius 2 is 2.00 bits per heavy atom. The minimum Gasteiger partial charge on any atom is -0.378 e. The third kappa shape index (κ3) is 4.30. The highest BCUT2D eigenvalue weighted by Crippen LogP contribution is 2.29. The molecule has 0 aliphatic heterocycles. The van der Waals surface area contributed by atoms with Crippen LogP contribution in [-0.4, -0.2) is 36.7 Å². The van der Waals surface area contributed by atoms with Gasteiger partial charge in [-0.15, -0.1) is 0 Å². The molecule has 1 aliphatic carbocycles. The Kier molecular flexibility index (Phi) is 5.83. The summed E-state index contributed by atoms with van der Waals surface area (Å²) in [4.78, 5) is 2.57. The molecule has 19 heavy (non-hydrogen) atoms. The SMILES string of the molecule is CCOC1CC(N(CCCN)Cc2ccccc2)C1. The van der Waals surface area contributed by atoms with Gasteiger partial charge in [-0.1, -0.05) is 30.3 Å². The number of hydrogen-bond donors (Lipinski definition) is 1. The zero-order valence-corrected chi connectivity index (χ0v) is 11.9. The van der Waals surface area contributed by atoms with Gasteiger partial charge in [0.05, 0.1) is 6.10 Å². The van der Waals surface area contributed by atoms with Gasteiger partial charge in [0.25, 0.3) is 0 Å². The Morgan fingerprint density at radius 1 is 1.26 bits per heavy atom. The van der Waals surface area contributed by atoms with Crippen molar-refractivity contribution in [3.05, 3.63) is 35.9 Å². The Bertz CT molecular complexity index is 349. The fourth-order valence-corrected chi connectivity index (χ4v) is 2.71. The van der Waals surface area contributed by atoms with Crippen LogP contribution in [0.4, 0.5) is 0 Å². The van der Waals surface area contributed by atoms with Gasteiger partial charge in [-0.25, -0.2) is 0 Å². The van der Waals surface area contributed by atoms with Crippen molar-refractivity contribution in [2.75, 3.05) is 19.7 Å². The molecule has 3 heteroatoms. The van der Waals surface area contributed by atoms with Crippen LogP contribution >= 0.6 is 0 Å². The minimum atomic E-state index is 0.478. The fourth-order valence-electron chi connectivity index (χ4n) is 2.71. The first-order valence-corrected chi connectivity index (χ1v) is 7.43. The molecule has 2 N–H and O–H groups in total. The zero-order chi connectivity index (χ0) is 13.5. The Balaban J connectivity index is 1.86. The molecule has 0 aromatic heterocycles. The first kappa shape index (κ1) is 14.5.